The Morgan fingerprint density at radius 2 is 1.43 bits per heavy atom. The number of phenolic OH excluding ortho intramolecular Hbond substituents is 2. The predicted octanol–water partition coefficient (Wildman–Crippen LogP) is 7.27. The zero-order valence-electron chi connectivity index (χ0n) is 19.3. The van der Waals surface area contributed by atoms with Crippen LogP contribution in [-0.2, 0) is 11.2 Å². The number of aldehydes is 1. The highest BCUT2D eigenvalue weighted by atomic mass is 16.3. The van der Waals surface area contributed by atoms with Crippen molar-refractivity contribution in [3.05, 3.63) is 69.9 Å². The van der Waals surface area contributed by atoms with Gasteiger partial charge in [0.05, 0.1) is 0 Å². The van der Waals surface area contributed by atoms with Crippen LogP contribution in [0, 0.1) is 6.92 Å². The molecule has 0 saturated heterocycles. The second kappa shape index (κ2) is 13.6. The van der Waals surface area contributed by atoms with Crippen molar-refractivity contribution in [3.63, 3.8) is 0 Å². The number of hydrogen-bond acceptors (Lipinski definition) is 3. The Balaban J connectivity index is 2.45. The molecule has 0 saturated carbocycles. The molecule has 30 heavy (non-hydrogen) atoms. The molecule has 0 aliphatic heterocycles. The van der Waals surface area contributed by atoms with Gasteiger partial charge in [0, 0.05) is 5.56 Å². The van der Waals surface area contributed by atoms with Crippen LogP contribution in [0.4, 0.5) is 0 Å². The molecule has 1 aromatic carbocycles. The molecule has 0 unspecified atom stereocenters. The van der Waals surface area contributed by atoms with E-state index in [1.165, 1.54) is 16.7 Å². The van der Waals surface area contributed by atoms with Gasteiger partial charge in [-0.15, -0.1) is 0 Å². The van der Waals surface area contributed by atoms with Crippen molar-refractivity contribution in [3.8, 4) is 11.5 Å². The van der Waals surface area contributed by atoms with E-state index in [2.05, 4.69) is 52.0 Å². The minimum absolute atomic E-state index is 0.189. The number of hydrogen-bond donors (Lipinski definition) is 2. The molecule has 3 nitrogen and oxygen atoms in total. The minimum atomic E-state index is 0.189. The molecule has 2 N–H and O–H groups in total. The number of allylic oxidation sites excluding steroid dienone is 8. The van der Waals surface area contributed by atoms with Crippen molar-refractivity contribution in [2.75, 3.05) is 0 Å². The summed E-state index contributed by atoms with van der Waals surface area (Å²) < 4.78 is 0. The number of rotatable bonds is 12. The molecule has 0 fully saturated rings. The van der Waals surface area contributed by atoms with Crippen molar-refractivity contribution in [1.29, 1.82) is 0 Å². The molecule has 0 heterocycles. The monoisotopic (exact) mass is 410 g/mol. The third-order valence-corrected chi connectivity index (χ3v) is 5.15. The molecule has 0 aromatic heterocycles. The van der Waals surface area contributed by atoms with Gasteiger partial charge in [-0.2, -0.15) is 0 Å². The van der Waals surface area contributed by atoms with Gasteiger partial charge in [-0.25, -0.2) is 0 Å². The van der Waals surface area contributed by atoms with Crippen molar-refractivity contribution in [2.45, 2.75) is 79.6 Å². The van der Waals surface area contributed by atoms with Gasteiger partial charge in [0.2, 0.25) is 0 Å². The van der Waals surface area contributed by atoms with E-state index in [9.17, 15) is 15.0 Å². The van der Waals surface area contributed by atoms with Crippen LogP contribution >= 0.6 is 0 Å². The summed E-state index contributed by atoms with van der Waals surface area (Å²) in [7, 11) is 0. The summed E-state index contributed by atoms with van der Waals surface area (Å²) in [5.74, 6) is 0.449. The zero-order chi connectivity index (χ0) is 22.5. The lowest BCUT2D eigenvalue weighted by Crippen LogP contribution is -1.88. The molecular formula is C27H38O3. The second-order valence-corrected chi connectivity index (χ2v) is 8.37. The molecule has 0 spiro atoms. The third kappa shape index (κ3) is 10.3. The number of phenols is 2. The predicted molar refractivity (Wildman–Crippen MR) is 127 cm³/mol. The molecule has 164 valence electrons. The number of aryl methyl sites for hydroxylation is 1. The molecule has 0 aliphatic carbocycles. The van der Waals surface area contributed by atoms with Crippen LogP contribution in [0.3, 0.4) is 0 Å². The Morgan fingerprint density at radius 3 is 2.07 bits per heavy atom. The normalized spacial score (nSPS) is 12.8. The van der Waals surface area contributed by atoms with Crippen LogP contribution < -0.4 is 0 Å². The first kappa shape index (κ1) is 25.5. The topological polar surface area (TPSA) is 57.5 Å². The van der Waals surface area contributed by atoms with Gasteiger partial charge in [0.15, 0.2) is 0 Å². The Morgan fingerprint density at radius 1 is 0.833 bits per heavy atom. The standard InChI is InChI=1S/C27H38O3/c1-20(2)9-6-13-24(19-28)14-8-12-21(3)10-7-11-22(4)15-16-25-18-26(29)17-23(5)27(25)30/h9-10,14-15,17-19,29-30H,6-8,11-13,16H2,1-5H3/b21-10+,22-15+,24-14+. The fourth-order valence-corrected chi connectivity index (χ4v) is 3.24. The van der Waals surface area contributed by atoms with Gasteiger partial charge < -0.3 is 10.2 Å². The first-order chi connectivity index (χ1) is 14.2. The van der Waals surface area contributed by atoms with E-state index in [1.807, 2.05) is 0 Å². The van der Waals surface area contributed by atoms with Crippen molar-refractivity contribution >= 4 is 6.29 Å². The molecule has 1 aromatic rings. The highest BCUT2D eigenvalue weighted by molar-refractivity contribution is 5.73. The van der Waals surface area contributed by atoms with E-state index >= 15 is 0 Å². The van der Waals surface area contributed by atoms with Crippen LogP contribution in [0.2, 0.25) is 0 Å². The van der Waals surface area contributed by atoms with Crippen LogP contribution in [0.25, 0.3) is 0 Å². The number of aromatic hydroxyl groups is 2. The van der Waals surface area contributed by atoms with Crippen molar-refractivity contribution in [1.82, 2.24) is 0 Å². The van der Waals surface area contributed by atoms with Gasteiger partial charge in [-0.1, -0.05) is 41.0 Å². The number of benzene rings is 1. The summed E-state index contributed by atoms with van der Waals surface area (Å²) in [6.45, 7) is 10.2. The lowest BCUT2D eigenvalue weighted by atomic mass is 10.0. The summed E-state index contributed by atoms with van der Waals surface area (Å²) in [4.78, 5) is 11.2. The Hall–Kier alpha value is -2.55. The number of carbonyl (C=O) groups excluding carboxylic acids is 1. The van der Waals surface area contributed by atoms with E-state index in [4.69, 9.17) is 0 Å². The fourth-order valence-electron chi connectivity index (χ4n) is 3.24. The van der Waals surface area contributed by atoms with Crippen LogP contribution in [0.5, 0.6) is 11.5 Å². The van der Waals surface area contributed by atoms with E-state index in [1.54, 1.807) is 19.1 Å². The molecule has 0 amide bonds. The summed E-state index contributed by atoms with van der Waals surface area (Å²) in [6, 6.07) is 3.19. The number of carbonyl (C=O) groups is 1. The van der Waals surface area contributed by atoms with Crippen molar-refractivity contribution < 1.29 is 15.0 Å². The summed E-state index contributed by atoms with van der Waals surface area (Å²) in [5.41, 5.74) is 6.23. The summed E-state index contributed by atoms with van der Waals surface area (Å²) >= 11 is 0. The average Bonchev–Trinajstić information content (AvgIpc) is 2.68. The third-order valence-electron chi connectivity index (χ3n) is 5.15. The Kier molecular flexibility index (Phi) is 11.6. The highest BCUT2D eigenvalue weighted by Crippen LogP contribution is 2.28. The van der Waals surface area contributed by atoms with Gasteiger partial charge in [0.25, 0.3) is 0 Å². The van der Waals surface area contributed by atoms with Crippen molar-refractivity contribution in [2.24, 2.45) is 0 Å². The van der Waals surface area contributed by atoms with Crippen LogP contribution in [0.1, 0.15) is 77.3 Å². The van der Waals surface area contributed by atoms with Gasteiger partial charge in [-0.05, 0) is 103 Å². The maximum Gasteiger partial charge on any atom is 0.145 e. The van der Waals surface area contributed by atoms with E-state index in [0.717, 1.165) is 55.9 Å². The fraction of sp³-hybridized carbons (Fsp3) is 0.444. The lowest BCUT2D eigenvalue weighted by molar-refractivity contribution is -0.105. The van der Waals surface area contributed by atoms with Crippen LogP contribution in [-0.4, -0.2) is 16.5 Å². The van der Waals surface area contributed by atoms with Gasteiger partial charge in [0.1, 0.15) is 17.8 Å². The Bertz CT molecular complexity index is 819. The van der Waals surface area contributed by atoms with Gasteiger partial charge in [-0.3, -0.25) is 4.79 Å². The maximum absolute atomic E-state index is 11.2. The van der Waals surface area contributed by atoms with E-state index < -0.39 is 0 Å². The second-order valence-electron chi connectivity index (χ2n) is 8.37. The van der Waals surface area contributed by atoms with E-state index in [0.29, 0.717) is 12.0 Å². The molecule has 0 aliphatic rings. The quantitative estimate of drug-likeness (QED) is 0.165. The molecule has 0 radical (unpaired) electrons. The first-order valence-corrected chi connectivity index (χ1v) is 10.8. The minimum Gasteiger partial charge on any atom is -0.508 e. The highest BCUT2D eigenvalue weighted by Gasteiger charge is 2.05. The lowest BCUT2D eigenvalue weighted by Gasteiger charge is -2.07. The largest absolute Gasteiger partial charge is 0.508 e. The zero-order valence-corrected chi connectivity index (χ0v) is 19.3. The SMILES string of the molecule is CC(C)=CCC/C(C=O)=C\CC/C(C)=C/CC/C(C)=C/Cc1cc(O)cc(C)c1O. The van der Waals surface area contributed by atoms with Crippen LogP contribution in [0.15, 0.2) is 58.7 Å². The smallest absolute Gasteiger partial charge is 0.145 e. The summed E-state index contributed by atoms with van der Waals surface area (Å²) in [6.07, 6.45) is 15.8. The molecule has 1 rings (SSSR count). The van der Waals surface area contributed by atoms with Gasteiger partial charge >= 0.3 is 0 Å². The Labute approximate surface area is 182 Å². The van der Waals surface area contributed by atoms with E-state index in [-0.39, 0.29) is 11.5 Å². The molecule has 0 atom stereocenters. The summed E-state index contributed by atoms with van der Waals surface area (Å²) in [5, 5.41) is 19.8. The molecular weight excluding hydrogens is 372 g/mol. The molecule has 3 heteroatoms. The molecule has 0 bridgehead atoms. The average molecular weight is 411 g/mol. The first-order valence-electron chi connectivity index (χ1n) is 10.8. The maximum atomic E-state index is 11.2.